The normalized spacial score (nSPS) is 11.4. The van der Waals surface area contributed by atoms with Crippen LogP contribution in [-0.2, 0) is 0 Å². The highest BCUT2D eigenvalue weighted by molar-refractivity contribution is 7.99. The molecule has 86 valence electrons. The zero-order chi connectivity index (χ0) is 11.8. The standard InChI is InChI=1S/C14H12S3/c1-15-9-5-3-7-11-13(9)14-10(16-2)6-4-8-12(14)17-11/h3-8H,1-2H3. The van der Waals surface area contributed by atoms with E-state index in [0.717, 1.165) is 0 Å². The van der Waals surface area contributed by atoms with E-state index in [1.54, 1.807) is 0 Å². The van der Waals surface area contributed by atoms with Crippen LogP contribution in [-0.4, -0.2) is 12.5 Å². The molecule has 3 rings (SSSR count). The van der Waals surface area contributed by atoms with Gasteiger partial charge in [-0.1, -0.05) is 12.1 Å². The van der Waals surface area contributed by atoms with Crippen LogP contribution in [0.2, 0.25) is 0 Å². The van der Waals surface area contributed by atoms with Gasteiger partial charge in [0.05, 0.1) is 0 Å². The van der Waals surface area contributed by atoms with Gasteiger partial charge >= 0.3 is 0 Å². The Bertz CT molecular complexity index is 624. The number of hydrogen-bond donors (Lipinski definition) is 0. The Hall–Kier alpha value is -0.640. The zero-order valence-electron chi connectivity index (χ0n) is 9.69. The van der Waals surface area contributed by atoms with E-state index in [-0.39, 0.29) is 0 Å². The molecular weight excluding hydrogens is 264 g/mol. The monoisotopic (exact) mass is 276 g/mol. The number of benzene rings is 2. The summed E-state index contributed by atoms with van der Waals surface area (Å²) in [7, 11) is 0. The average molecular weight is 276 g/mol. The third-order valence-corrected chi connectivity index (χ3v) is 5.57. The molecule has 0 saturated heterocycles. The van der Waals surface area contributed by atoms with Crippen LogP contribution in [0.5, 0.6) is 0 Å². The maximum absolute atomic E-state index is 2.23. The predicted molar refractivity (Wildman–Crippen MR) is 82.9 cm³/mol. The van der Waals surface area contributed by atoms with Crippen molar-refractivity contribution < 1.29 is 0 Å². The molecular formula is C14H12S3. The molecule has 0 aliphatic heterocycles. The number of fused-ring (bicyclic) bond motifs is 3. The van der Waals surface area contributed by atoms with Gasteiger partial charge in [0.25, 0.3) is 0 Å². The number of thioether (sulfide) groups is 2. The molecule has 0 radical (unpaired) electrons. The second-order valence-corrected chi connectivity index (χ2v) is 6.55. The lowest BCUT2D eigenvalue weighted by atomic mass is 10.1. The minimum Gasteiger partial charge on any atom is -0.135 e. The molecule has 0 saturated carbocycles. The van der Waals surface area contributed by atoms with Gasteiger partial charge in [-0.05, 0) is 36.8 Å². The fraction of sp³-hybridized carbons (Fsp3) is 0.143. The van der Waals surface area contributed by atoms with E-state index in [2.05, 4.69) is 48.9 Å². The molecule has 2 aromatic carbocycles. The maximum atomic E-state index is 2.23. The second kappa shape index (κ2) is 4.56. The first-order valence-electron chi connectivity index (χ1n) is 5.37. The summed E-state index contributed by atoms with van der Waals surface area (Å²) in [5.74, 6) is 0. The van der Waals surface area contributed by atoms with E-state index in [9.17, 15) is 0 Å². The first-order valence-corrected chi connectivity index (χ1v) is 8.64. The van der Waals surface area contributed by atoms with Crippen molar-refractivity contribution in [3.8, 4) is 0 Å². The summed E-state index contributed by atoms with van der Waals surface area (Å²) in [5, 5.41) is 2.87. The Kier molecular flexibility index (Phi) is 3.07. The van der Waals surface area contributed by atoms with E-state index in [1.807, 2.05) is 34.9 Å². The van der Waals surface area contributed by atoms with Gasteiger partial charge in [0, 0.05) is 30.0 Å². The van der Waals surface area contributed by atoms with Crippen LogP contribution in [0.4, 0.5) is 0 Å². The fourth-order valence-electron chi connectivity index (χ4n) is 2.14. The first-order chi connectivity index (χ1) is 8.35. The van der Waals surface area contributed by atoms with Gasteiger partial charge in [-0.25, -0.2) is 0 Å². The topological polar surface area (TPSA) is 0 Å². The van der Waals surface area contributed by atoms with E-state index in [4.69, 9.17) is 0 Å². The molecule has 17 heavy (non-hydrogen) atoms. The van der Waals surface area contributed by atoms with Crippen molar-refractivity contribution in [1.82, 2.24) is 0 Å². The van der Waals surface area contributed by atoms with Crippen LogP contribution in [0.3, 0.4) is 0 Å². The van der Waals surface area contributed by atoms with Crippen molar-refractivity contribution in [2.45, 2.75) is 9.79 Å². The Morgan fingerprint density at radius 3 is 1.65 bits per heavy atom. The third kappa shape index (κ3) is 1.77. The summed E-state index contributed by atoms with van der Waals surface area (Å²) in [5.41, 5.74) is 0. The van der Waals surface area contributed by atoms with Crippen LogP contribution in [0.1, 0.15) is 0 Å². The highest BCUT2D eigenvalue weighted by atomic mass is 32.2. The summed E-state index contributed by atoms with van der Waals surface area (Å²) in [4.78, 5) is 2.77. The van der Waals surface area contributed by atoms with Crippen molar-refractivity contribution in [1.29, 1.82) is 0 Å². The Labute approximate surface area is 113 Å². The molecule has 0 atom stereocenters. The van der Waals surface area contributed by atoms with Crippen LogP contribution in [0.25, 0.3) is 20.2 Å². The number of thiophene rings is 1. The third-order valence-electron chi connectivity index (χ3n) is 2.89. The molecule has 3 heteroatoms. The summed E-state index contributed by atoms with van der Waals surface area (Å²) >= 11 is 5.56. The van der Waals surface area contributed by atoms with E-state index in [0.29, 0.717) is 0 Å². The molecule has 0 aliphatic rings. The van der Waals surface area contributed by atoms with Gasteiger partial charge in [0.2, 0.25) is 0 Å². The highest BCUT2D eigenvalue weighted by Crippen LogP contribution is 2.42. The molecule has 1 aromatic heterocycles. The molecule has 0 spiro atoms. The molecule has 1 heterocycles. The maximum Gasteiger partial charge on any atom is 0.0367 e. The Balaban J connectivity index is 2.55. The Morgan fingerprint density at radius 1 is 0.765 bits per heavy atom. The second-order valence-electron chi connectivity index (χ2n) is 3.77. The van der Waals surface area contributed by atoms with E-state index >= 15 is 0 Å². The molecule has 0 bridgehead atoms. The minimum atomic E-state index is 1.38. The van der Waals surface area contributed by atoms with Crippen LogP contribution in [0, 0.1) is 0 Å². The van der Waals surface area contributed by atoms with Gasteiger partial charge in [0.1, 0.15) is 0 Å². The lowest BCUT2D eigenvalue weighted by molar-refractivity contribution is 1.54. The van der Waals surface area contributed by atoms with E-state index < -0.39 is 0 Å². The number of rotatable bonds is 2. The summed E-state index contributed by atoms with van der Waals surface area (Å²) < 4.78 is 2.79. The fourth-order valence-corrected chi connectivity index (χ4v) is 4.69. The van der Waals surface area contributed by atoms with Gasteiger partial charge in [-0.3, -0.25) is 0 Å². The van der Waals surface area contributed by atoms with Crippen molar-refractivity contribution >= 4 is 55.0 Å². The lowest BCUT2D eigenvalue weighted by Crippen LogP contribution is -1.75. The predicted octanol–water partition coefficient (Wildman–Crippen LogP) is 5.50. The van der Waals surface area contributed by atoms with Crippen LogP contribution < -0.4 is 0 Å². The number of hydrogen-bond acceptors (Lipinski definition) is 3. The van der Waals surface area contributed by atoms with Crippen molar-refractivity contribution in [3.63, 3.8) is 0 Å². The van der Waals surface area contributed by atoms with E-state index in [1.165, 1.54) is 30.0 Å². The SMILES string of the molecule is CSc1cccc2sc3cccc(SC)c3c12. The first kappa shape index (κ1) is 11.5. The molecule has 0 N–H and O–H groups in total. The zero-order valence-corrected chi connectivity index (χ0v) is 12.1. The summed E-state index contributed by atoms with van der Waals surface area (Å²) in [6.07, 6.45) is 4.31. The molecule has 0 nitrogen and oxygen atoms in total. The average Bonchev–Trinajstić information content (AvgIpc) is 2.76. The smallest absolute Gasteiger partial charge is 0.0367 e. The van der Waals surface area contributed by atoms with Crippen molar-refractivity contribution in [2.24, 2.45) is 0 Å². The van der Waals surface area contributed by atoms with Crippen molar-refractivity contribution in [2.75, 3.05) is 12.5 Å². The van der Waals surface area contributed by atoms with Crippen LogP contribution in [0.15, 0.2) is 46.2 Å². The van der Waals surface area contributed by atoms with Gasteiger partial charge in [-0.2, -0.15) is 0 Å². The summed E-state index contributed by atoms with van der Waals surface area (Å²) in [6, 6.07) is 13.2. The van der Waals surface area contributed by atoms with Gasteiger partial charge < -0.3 is 0 Å². The molecule has 0 fully saturated rings. The molecule has 3 aromatic rings. The quantitative estimate of drug-likeness (QED) is 0.567. The summed E-state index contributed by atoms with van der Waals surface area (Å²) in [6.45, 7) is 0. The molecule has 0 unspecified atom stereocenters. The van der Waals surface area contributed by atoms with Gasteiger partial charge in [-0.15, -0.1) is 34.9 Å². The Morgan fingerprint density at radius 2 is 1.24 bits per heavy atom. The highest BCUT2D eigenvalue weighted by Gasteiger charge is 2.11. The van der Waals surface area contributed by atoms with Crippen molar-refractivity contribution in [3.05, 3.63) is 36.4 Å². The lowest BCUT2D eigenvalue weighted by Gasteiger charge is -2.03. The van der Waals surface area contributed by atoms with Gasteiger partial charge in [0.15, 0.2) is 0 Å². The molecule has 0 aliphatic carbocycles. The van der Waals surface area contributed by atoms with Crippen LogP contribution >= 0.6 is 34.9 Å². The molecule has 0 amide bonds. The largest absolute Gasteiger partial charge is 0.135 e. The minimum absolute atomic E-state index is 1.38.